The molecule has 0 bridgehead atoms. The Morgan fingerprint density at radius 3 is 2.50 bits per heavy atom. The van der Waals surface area contributed by atoms with Crippen molar-refractivity contribution in [3.05, 3.63) is 24.3 Å². The summed E-state index contributed by atoms with van der Waals surface area (Å²) in [6.45, 7) is 5.53. The van der Waals surface area contributed by atoms with Crippen molar-refractivity contribution in [2.75, 3.05) is 0 Å². The Kier molecular flexibility index (Phi) is 3.85. The lowest BCUT2D eigenvalue weighted by atomic mass is 10.2. The van der Waals surface area contributed by atoms with E-state index >= 15 is 0 Å². The largest absolute Gasteiger partial charge is 0.308 e. The first-order valence-electron chi connectivity index (χ1n) is 2.67. The van der Waals surface area contributed by atoms with Crippen molar-refractivity contribution >= 4 is 6.21 Å². The molecule has 1 N–H and O–H groups in total. The first-order chi connectivity index (χ1) is 3.85. The van der Waals surface area contributed by atoms with E-state index in [4.69, 9.17) is 5.41 Å². The van der Waals surface area contributed by atoms with E-state index in [0.29, 0.717) is 0 Å². The number of nitrogens with one attached hydrogen (secondary N) is 1. The lowest BCUT2D eigenvalue weighted by molar-refractivity contribution is 1.17. The SMILES string of the molecule is C=C/C=C(/C=N)CC. The molecule has 0 aromatic carbocycles. The third-order valence-corrected chi connectivity index (χ3v) is 0.926. The van der Waals surface area contributed by atoms with Crippen molar-refractivity contribution in [1.82, 2.24) is 0 Å². The molecule has 0 amide bonds. The van der Waals surface area contributed by atoms with Crippen molar-refractivity contribution in [3.8, 4) is 0 Å². The highest BCUT2D eigenvalue weighted by atomic mass is 14.3. The van der Waals surface area contributed by atoms with Crippen LogP contribution in [0.2, 0.25) is 0 Å². The van der Waals surface area contributed by atoms with Gasteiger partial charge in [0.05, 0.1) is 0 Å². The summed E-state index contributed by atoms with van der Waals surface area (Å²) in [5.74, 6) is 0. The summed E-state index contributed by atoms with van der Waals surface area (Å²) in [6, 6.07) is 0. The van der Waals surface area contributed by atoms with Crippen LogP contribution < -0.4 is 0 Å². The van der Waals surface area contributed by atoms with Gasteiger partial charge in [-0.25, -0.2) is 0 Å². The molecular weight excluding hydrogens is 98.1 g/mol. The second kappa shape index (κ2) is 4.31. The molecular formula is C7H11N. The molecule has 0 radical (unpaired) electrons. The van der Waals surface area contributed by atoms with Crippen molar-refractivity contribution < 1.29 is 0 Å². The summed E-state index contributed by atoms with van der Waals surface area (Å²) in [6.07, 6.45) is 5.80. The molecule has 0 aromatic rings. The van der Waals surface area contributed by atoms with E-state index in [1.165, 1.54) is 6.21 Å². The van der Waals surface area contributed by atoms with Gasteiger partial charge in [0.1, 0.15) is 0 Å². The average molecular weight is 109 g/mol. The fraction of sp³-hybridized carbons (Fsp3) is 0.286. The van der Waals surface area contributed by atoms with Gasteiger partial charge in [0.25, 0.3) is 0 Å². The van der Waals surface area contributed by atoms with Gasteiger partial charge in [-0.1, -0.05) is 25.7 Å². The zero-order valence-electron chi connectivity index (χ0n) is 5.15. The van der Waals surface area contributed by atoms with Gasteiger partial charge >= 0.3 is 0 Å². The maximum absolute atomic E-state index is 6.82. The molecule has 0 saturated carbocycles. The van der Waals surface area contributed by atoms with Gasteiger partial charge in [0.2, 0.25) is 0 Å². The standard InChI is InChI=1S/C7H11N/c1-3-5-7(4-2)6-8/h3,5-6,8H,1,4H2,2H3/b7-5+,8-6?. The highest BCUT2D eigenvalue weighted by molar-refractivity contribution is 5.75. The maximum Gasteiger partial charge on any atom is 0.0209 e. The Balaban J connectivity index is 3.84. The van der Waals surface area contributed by atoms with Crippen LogP contribution in [0.4, 0.5) is 0 Å². The predicted octanol–water partition coefficient (Wildman–Crippen LogP) is 2.16. The summed E-state index contributed by atoms with van der Waals surface area (Å²) in [5, 5.41) is 6.82. The lowest BCUT2D eigenvalue weighted by Crippen LogP contribution is -1.77. The lowest BCUT2D eigenvalue weighted by Gasteiger charge is -1.87. The number of hydrogen-bond donors (Lipinski definition) is 1. The normalized spacial score (nSPS) is 10.9. The molecule has 0 aliphatic carbocycles. The van der Waals surface area contributed by atoms with Crippen LogP contribution >= 0.6 is 0 Å². The number of rotatable bonds is 3. The molecule has 8 heavy (non-hydrogen) atoms. The van der Waals surface area contributed by atoms with Gasteiger partial charge in [-0.05, 0) is 12.0 Å². The molecule has 44 valence electrons. The average Bonchev–Trinajstić information content (AvgIpc) is 1.83. The van der Waals surface area contributed by atoms with Gasteiger partial charge in [-0.15, -0.1) is 0 Å². The Bertz CT molecular complexity index is 112. The monoisotopic (exact) mass is 109 g/mol. The highest BCUT2D eigenvalue weighted by Gasteiger charge is 1.80. The number of allylic oxidation sites excluding steroid dienone is 3. The third-order valence-electron chi connectivity index (χ3n) is 0.926. The van der Waals surface area contributed by atoms with Crippen LogP contribution in [-0.2, 0) is 0 Å². The molecule has 0 spiro atoms. The first-order valence-corrected chi connectivity index (χ1v) is 2.67. The van der Waals surface area contributed by atoms with Crippen LogP contribution in [0.1, 0.15) is 13.3 Å². The fourth-order valence-corrected chi connectivity index (χ4v) is 0.419. The van der Waals surface area contributed by atoms with Crippen LogP contribution in [0.15, 0.2) is 24.3 Å². The molecule has 0 fully saturated rings. The third kappa shape index (κ3) is 2.35. The van der Waals surface area contributed by atoms with Gasteiger partial charge < -0.3 is 5.41 Å². The summed E-state index contributed by atoms with van der Waals surface area (Å²) >= 11 is 0. The Hall–Kier alpha value is -0.850. The zero-order valence-corrected chi connectivity index (χ0v) is 5.15. The van der Waals surface area contributed by atoms with Gasteiger partial charge in [-0.3, -0.25) is 0 Å². The van der Waals surface area contributed by atoms with Crippen LogP contribution in [0.3, 0.4) is 0 Å². The van der Waals surface area contributed by atoms with Crippen molar-refractivity contribution in [2.24, 2.45) is 0 Å². The molecule has 0 aliphatic rings. The Morgan fingerprint density at radius 2 is 2.38 bits per heavy atom. The quantitative estimate of drug-likeness (QED) is 0.424. The van der Waals surface area contributed by atoms with Crippen LogP contribution in [0, 0.1) is 5.41 Å². The van der Waals surface area contributed by atoms with Crippen molar-refractivity contribution in [3.63, 3.8) is 0 Å². The van der Waals surface area contributed by atoms with Crippen molar-refractivity contribution in [1.29, 1.82) is 5.41 Å². The van der Waals surface area contributed by atoms with Gasteiger partial charge in [-0.2, -0.15) is 0 Å². The summed E-state index contributed by atoms with van der Waals surface area (Å²) in [4.78, 5) is 0. The number of hydrogen-bond acceptors (Lipinski definition) is 1. The van der Waals surface area contributed by atoms with Crippen LogP contribution in [0.25, 0.3) is 0 Å². The Labute approximate surface area is 50.2 Å². The van der Waals surface area contributed by atoms with E-state index in [2.05, 4.69) is 6.58 Å². The molecule has 0 saturated heterocycles. The predicted molar refractivity (Wildman–Crippen MR) is 37.4 cm³/mol. The Morgan fingerprint density at radius 1 is 1.75 bits per heavy atom. The minimum absolute atomic E-state index is 0.912. The van der Waals surface area contributed by atoms with E-state index in [1.807, 2.05) is 13.0 Å². The van der Waals surface area contributed by atoms with E-state index < -0.39 is 0 Å². The van der Waals surface area contributed by atoms with E-state index in [-0.39, 0.29) is 0 Å². The molecule has 1 heteroatoms. The highest BCUT2D eigenvalue weighted by Crippen LogP contribution is 1.94. The molecule has 0 aliphatic heterocycles. The van der Waals surface area contributed by atoms with Crippen molar-refractivity contribution in [2.45, 2.75) is 13.3 Å². The van der Waals surface area contributed by atoms with E-state index in [9.17, 15) is 0 Å². The summed E-state index contributed by atoms with van der Waals surface area (Å²) < 4.78 is 0. The summed E-state index contributed by atoms with van der Waals surface area (Å²) in [7, 11) is 0. The first kappa shape index (κ1) is 7.15. The molecule has 0 aromatic heterocycles. The molecule has 0 heterocycles. The van der Waals surface area contributed by atoms with Gasteiger partial charge in [0, 0.05) is 6.21 Å². The molecule has 0 rings (SSSR count). The molecule has 1 nitrogen and oxygen atoms in total. The molecule has 0 unspecified atom stereocenters. The molecule has 0 atom stereocenters. The second-order valence-electron chi connectivity index (χ2n) is 1.48. The second-order valence-corrected chi connectivity index (χ2v) is 1.48. The topological polar surface area (TPSA) is 23.9 Å². The maximum atomic E-state index is 6.82. The zero-order chi connectivity index (χ0) is 6.41. The minimum Gasteiger partial charge on any atom is -0.308 e. The summed E-state index contributed by atoms with van der Waals surface area (Å²) in [5.41, 5.74) is 1.01. The van der Waals surface area contributed by atoms with Crippen LogP contribution in [-0.4, -0.2) is 6.21 Å². The smallest absolute Gasteiger partial charge is 0.0209 e. The van der Waals surface area contributed by atoms with E-state index in [1.54, 1.807) is 6.08 Å². The minimum atomic E-state index is 0.912. The van der Waals surface area contributed by atoms with Crippen LogP contribution in [0.5, 0.6) is 0 Å². The fourth-order valence-electron chi connectivity index (χ4n) is 0.419. The van der Waals surface area contributed by atoms with Gasteiger partial charge in [0.15, 0.2) is 0 Å². The van der Waals surface area contributed by atoms with E-state index in [0.717, 1.165) is 12.0 Å².